The Hall–Kier alpha value is -1.36. The van der Waals surface area contributed by atoms with Crippen LogP contribution < -0.4 is 5.32 Å². The lowest BCUT2D eigenvalue weighted by atomic mass is 9.95. The number of aromatic amines is 1. The van der Waals surface area contributed by atoms with E-state index < -0.39 is 0 Å². The van der Waals surface area contributed by atoms with E-state index in [1.54, 1.807) is 0 Å². The van der Waals surface area contributed by atoms with Crippen LogP contribution in [-0.2, 0) is 12.8 Å². The molecule has 5 heteroatoms. The minimum atomic E-state index is -0.116. The first kappa shape index (κ1) is 13.1. The maximum atomic E-state index is 12.1. The summed E-state index contributed by atoms with van der Waals surface area (Å²) in [5.74, 6) is -0.116. The standard InChI is InChI=1S/C13H21N3O2/c1-2-9(7-8-17)14-13(18)12-10-5-3-4-6-11(10)15-16-12/h9,17H,2-8H2,1H3,(H,14,18)(H,15,16). The average molecular weight is 251 g/mol. The molecular formula is C13H21N3O2. The number of carbonyl (C=O) groups is 1. The van der Waals surface area contributed by atoms with Gasteiger partial charge in [-0.25, -0.2) is 0 Å². The highest BCUT2D eigenvalue weighted by molar-refractivity contribution is 5.94. The van der Waals surface area contributed by atoms with Crippen LogP contribution in [0.1, 0.15) is 54.4 Å². The summed E-state index contributed by atoms with van der Waals surface area (Å²) in [5.41, 5.74) is 2.74. The Morgan fingerprint density at radius 2 is 2.28 bits per heavy atom. The minimum Gasteiger partial charge on any atom is -0.396 e. The van der Waals surface area contributed by atoms with Crippen molar-refractivity contribution in [1.29, 1.82) is 0 Å². The summed E-state index contributed by atoms with van der Waals surface area (Å²) in [6.45, 7) is 2.10. The molecule has 0 saturated carbocycles. The third-order valence-corrected chi connectivity index (χ3v) is 3.58. The number of H-pyrrole nitrogens is 1. The largest absolute Gasteiger partial charge is 0.396 e. The first-order valence-electron chi connectivity index (χ1n) is 6.74. The van der Waals surface area contributed by atoms with Crippen molar-refractivity contribution in [2.24, 2.45) is 0 Å². The lowest BCUT2D eigenvalue weighted by Crippen LogP contribution is -2.35. The second kappa shape index (κ2) is 6.00. The van der Waals surface area contributed by atoms with E-state index in [0.29, 0.717) is 12.1 Å². The van der Waals surface area contributed by atoms with Gasteiger partial charge in [0.05, 0.1) is 0 Å². The van der Waals surface area contributed by atoms with Crippen LogP contribution >= 0.6 is 0 Å². The molecule has 1 unspecified atom stereocenters. The van der Waals surface area contributed by atoms with E-state index in [1.165, 1.54) is 6.42 Å². The summed E-state index contributed by atoms with van der Waals surface area (Å²) in [5, 5.41) is 19.0. The molecule has 3 N–H and O–H groups in total. The summed E-state index contributed by atoms with van der Waals surface area (Å²) < 4.78 is 0. The summed E-state index contributed by atoms with van der Waals surface area (Å²) >= 11 is 0. The zero-order valence-corrected chi connectivity index (χ0v) is 10.8. The van der Waals surface area contributed by atoms with Crippen LogP contribution in [0.2, 0.25) is 0 Å². The van der Waals surface area contributed by atoms with Crippen LogP contribution in [0.5, 0.6) is 0 Å². The van der Waals surface area contributed by atoms with Gasteiger partial charge in [0.25, 0.3) is 5.91 Å². The predicted octanol–water partition coefficient (Wildman–Crippen LogP) is 1.18. The number of nitrogens with zero attached hydrogens (tertiary/aromatic N) is 1. The van der Waals surface area contributed by atoms with Crippen LogP contribution in [0.3, 0.4) is 0 Å². The molecule has 0 aromatic carbocycles. The number of nitrogens with one attached hydrogen (secondary N) is 2. The summed E-state index contributed by atoms with van der Waals surface area (Å²) in [6.07, 6.45) is 5.63. The van der Waals surface area contributed by atoms with Crippen molar-refractivity contribution < 1.29 is 9.90 Å². The molecule has 0 fully saturated rings. The van der Waals surface area contributed by atoms with Gasteiger partial charge < -0.3 is 10.4 Å². The van der Waals surface area contributed by atoms with Crippen LogP contribution in [0, 0.1) is 0 Å². The monoisotopic (exact) mass is 251 g/mol. The number of rotatable bonds is 5. The van der Waals surface area contributed by atoms with Crippen molar-refractivity contribution in [2.75, 3.05) is 6.61 Å². The number of fused-ring (bicyclic) bond motifs is 1. The van der Waals surface area contributed by atoms with Gasteiger partial charge in [-0.15, -0.1) is 0 Å². The number of aromatic nitrogens is 2. The van der Waals surface area contributed by atoms with Gasteiger partial charge in [0.2, 0.25) is 0 Å². The topological polar surface area (TPSA) is 78.0 Å². The molecule has 1 aromatic heterocycles. The first-order valence-corrected chi connectivity index (χ1v) is 6.74. The molecule has 2 rings (SSSR count). The van der Waals surface area contributed by atoms with Gasteiger partial charge in [0.1, 0.15) is 0 Å². The van der Waals surface area contributed by atoms with E-state index in [1.807, 2.05) is 6.92 Å². The summed E-state index contributed by atoms with van der Waals surface area (Å²) in [7, 11) is 0. The Bertz CT molecular complexity index is 414. The van der Waals surface area contributed by atoms with Gasteiger partial charge in [0, 0.05) is 23.9 Å². The highest BCUT2D eigenvalue weighted by Crippen LogP contribution is 2.22. The average Bonchev–Trinajstić information content (AvgIpc) is 2.82. The third kappa shape index (κ3) is 2.72. The number of aliphatic hydroxyl groups excluding tert-OH is 1. The van der Waals surface area contributed by atoms with Gasteiger partial charge >= 0.3 is 0 Å². The van der Waals surface area contributed by atoms with E-state index >= 15 is 0 Å². The van der Waals surface area contributed by atoms with Crippen molar-refractivity contribution in [3.05, 3.63) is 17.0 Å². The number of aryl methyl sites for hydroxylation is 1. The van der Waals surface area contributed by atoms with Crippen molar-refractivity contribution in [3.63, 3.8) is 0 Å². The molecule has 18 heavy (non-hydrogen) atoms. The summed E-state index contributed by atoms with van der Waals surface area (Å²) in [6, 6.07) is 0.0263. The van der Waals surface area contributed by atoms with E-state index in [-0.39, 0.29) is 18.6 Å². The molecule has 1 amide bonds. The highest BCUT2D eigenvalue weighted by atomic mass is 16.3. The van der Waals surface area contributed by atoms with Crippen molar-refractivity contribution in [2.45, 2.75) is 51.5 Å². The van der Waals surface area contributed by atoms with Crippen LogP contribution in [0.15, 0.2) is 0 Å². The second-order valence-corrected chi connectivity index (χ2v) is 4.83. The summed E-state index contributed by atoms with van der Waals surface area (Å²) in [4.78, 5) is 12.1. The van der Waals surface area contributed by atoms with Crippen molar-refractivity contribution in [1.82, 2.24) is 15.5 Å². The Kier molecular flexibility index (Phi) is 4.36. The number of carbonyl (C=O) groups excluding carboxylic acids is 1. The Labute approximate surface area is 107 Å². The fourth-order valence-electron chi connectivity index (χ4n) is 2.46. The van der Waals surface area contributed by atoms with E-state index in [9.17, 15) is 4.79 Å². The quantitative estimate of drug-likeness (QED) is 0.735. The number of hydrogen-bond acceptors (Lipinski definition) is 3. The lowest BCUT2D eigenvalue weighted by molar-refractivity contribution is 0.0923. The molecule has 5 nitrogen and oxygen atoms in total. The molecule has 1 atom stereocenters. The number of aliphatic hydroxyl groups is 1. The second-order valence-electron chi connectivity index (χ2n) is 4.83. The van der Waals surface area contributed by atoms with Gasteiger partial charge in [-0.2, -0.15) is 5.10 Å². The van der Waals surface area contributed by atoms with Crippen molar-refractivity contribution >= 4 is 5.91 Å². The molecule has 100 valence electrons. The van der Waals surface area contributed by atoms with E-state index in [0.717, 1.165) is 36.9 Å². The Morgan fingerprint density at radius 3 is 3.00 bits per heavy atom. The number of amides is 1. The fraction of sp³-hybridized carbons (Fsp3) is 0.692. The zero-order valence-electron chi connectivity index (χ0n) is 10.8. The van der Waals surface area contributed by atoms with Crippen LogP contribution in [-0.4, -0.2) is 33.9 Å². The molecule has 1 aliphatic carbocycles. The molecule has 0 spiro atoms. The van der Waals surface area contributed by atoms with Gasteiger partial charge in [-0.05, 0) is 38.5 Å². The van der Waals surface area contributed by atoms with Crippen molar-refractivity contribution in [3.8, 4) is 0 Å². The molecule has 1 aliphatic rings. The smallest absolute Gasteiger partial charge is 0.272 e. The maximum absolute atomic E-state index is 12.1. The minimum absolute atomic E-state index is 0.0263. The predicted molar refractivity (Wildman–Crippen MR) is 68.5 cm³/mol. The van der Waals surface area contributed by atoms with Gasteiger partial charge in [-0.1, -0.05) is 6.92 Å². The SMILES string of the molecule is CCC(CCO)NC(=O)c1n[nH]c2c1CCCC2. The molecule has 1 heterocycles. The molecular weight excluding hydrogens is 230 g/mol. The van der Waals surface area contributed by atoms with E-state index in [2.05, 4.69) is 15.5 Å². The molecule has 0 radical (unpaired) electrons. The molecule has 0 aliphatic heterocycles. The molecule has 1 aromatic rings. The third-order valence-electron chi connectivity index (χ3n) is 3.58. The van der Waals surface area contributed by atoms with Crippen LogP contribution in [0.25, 0.3) is 0 Å². The fourth-order valence-corrected chi connectivity index (χ4v) is 2.46. The molecule has 0 bridgehead atoms. The lowest BCUT2D eigenvalue weighted by Gasteiger charge is -2.16. The zero-order chi connectivity index (χ0) is 13.0. The van der Waals surface area contributed by atoms with E-state index in [4.69, 9.17) is 5.11 Å². The number of hydrogen-bond donors (Lipinski definition) is 3. The Morgan fingerprint density at radius 1 is 1.50 bits per heavy atom. The normalized spacial score (nSPS) is 16.1. The Balaban J connectivity index is 2.06. The highest BCUT2D eigenvalue weighted by Gasteiger charge is 2.22. The molecule has 0 saturated heterocycles. The maximum Gasteiger partial charge on any atom is 0.272 e. The van der Waals surface area contributed by atoms with Gasteiger partial charge in [0.15, 0.2) is 5.69 Å². The van der Waals surface area contributed by atoms with Crippen LogP contribution in [0.4, 0.5) is 0 Å². The first-order chi connectivity index (χ1) is 8.76. The van der Waals surface area contributed by atoms with Gasteiger partial charge in [-0.3, -0.25) is 9.89 Å².